The smallest absolute Gasteiger partial charge is 0.410 e. The van der Waals surface area contributed by atoms with Gasteiger partial charge in [-0.05, 0) is 82.0 Å². The molecular weight excluding hydrogens is 550 g/mol. The third kappa shape index (κ3) is 6.97. The molecule has 1 aliphatic heterocycles. The first-order valence-electron chi connectivity index (χ1n) is 13.3. The van der Waals surface area contributed by atoms with E-state index in [0.29, 0.717) is 30.2 Å². The molecule has 0 unspecified atom stereocenters. The molecule has 11 nitrogen and oxygen atoms in total. The van der Waals surface area contributed by atoms with E-state index >= 15 is 0 Å². The second-order valence-corrected chi connectivity index (χ2v) is 11.6. The lowest BCUT2D eigenvalue weighted by atomic mass is 9.99. The number of nitrogens with one attached hydrogen (secondary N) is 1. The van der Waals surface area contributed by atoms with Crippen LogP contribution < -0.4 is 17.0 Å². The van der Waals surface area contributed by atoms with Crippen LogP contribution in [0.3, 0.4) is 0 Å². The first-order chi connectivity index (χ1) is 19.2. The lowest BCUT2D eigenvalue weighted by molar-refractivity contribution is -0.142. The van der Waals surface area contributed by atoms with E-state index < -0.39 is 41.0 Å². The third-order valence-electron chi connectivity index (χ3n) is 6.99. The van der Waals surface area contributed by atoms with E-state index in [-0.39, 0.29) is 12.2 Å². The summed E-state index contributed by atoms with van der Waals surface area (Å²) >= 11 is 6.03. The van der Waals surface area contributed by atoms with Gasteiger partial charge in [0.2, 0.25) is 5.62 Å². The zero-order valence-corrected chi connectivity index (χ0v) is 24.4. The molecule has 1 aromatic heterocycles. The summed E-state index contributed by atoms with van der Waals surface area (Å²) in [5.74, 6) is -2.12. The Kier molecular flexibility index (Phi) is 8.58. The number of H-pyrrole nitrogens is 1. The van der Waals surface area contributed by atoms with Crippen molar-refractivity contribution in [1.29, 1.82) is 0 Å². The molecule has 1 aliphatic rings. The number of amides is 1. The van der Waals surface area contributed by atoms with Gasteiger partial charge in [0.15, 0.2) is 0 Å². The molecule has 1 amide bonds. The summed E-state index contributed by atoms with van der Waals surface area (Å²) in [6.07, 6.45) is 0.252. The highest BCUT2D eigenvalue weighted by Gasteiger charge is 2.27. The van der Waals surface area contributed by atoms with Crippen molar-refractivity contribution in [2.75, 3.05) is 6.54 Å². The number of carboxylic acid groups (broad SMARTS) is 1. The Morgan fingerprint density at radius 1 is 1.10 bits per heavy atom. The molecule has 2 N–H and O–H groups in total. The topological polar surface area (TPSA) is 139 Å². The van der Waals surface area contributed by atoms with Crippen molar-refractivity contribution in [1.82, 2.24) is 19.0 Å². The Labute approximate surface area is 241 Å². The molecule has 2 heterocycles. The maximum Gasteiger partial charge on any atom is 0.410 e. The van der Waals surface area contributed by atoms with E-state index in [1.807, 2.05) is 32.9 Å². The fourth-order valence-electron chi connectivity index (χ4n) is 4.54. The normalized spacial score (nSPS) is 15.3. The minimum Gasteiger partial charge on any atom is -0.481 e. The van der Waals surface area contributed by atoms with Gasteiger partial charge in [-0.25, -0.2) is 23.9 Å². The van der Waals surface area contributed by atoms with E-state index in [9.17, 15) is 24.3 Å². The lowest BCUT2D eigenvalue weighted by Crippen LogP contribution is -2.52. The van der Waals surface area contributed by atoms with Crippen molar-refractivity contribution in [3.8, 4) is 0 Å². The number of aromatic nitrogens is 3. The zero-order chi connectivity index (χ0) is 30.1. The van der Waals surface area contributed by atoms with Gasteiger partial charge in [-0.1, -0.05) is 29.8 Å². The number of aromatic amines is 1. The summed E-state index contributed by atoms with van der Waals surface area (Å²) in [6, 6.07) is 11.5. The van der Waals surface area contributed by atoms with Crippen molar-refractivity contribution in [2.45, 2.75) is 65.8 Å². The molecule has 0 aliphatic carbocycles. The number of hydrogen-bond donors (Lipinski definition) is 2. The van der Waals surface area contributed by atoms with Crippen LogP contribution in [0.1, 0.15) is 57.4 Å². The van der Waals surface area contributed by atoms with Crippen LogP contribution >= 0.6 is 11.6 Å². The number of ether oxygens (including phenoxy) is 1. The van der Waals surface area contributed by atoms with Crippen LogP contribution in [0.15, 0.2) is 57.0 Å². The van der Waals surface area contributed by atoms with Gasteiger partial charge in [0, 0.05) is 18.1 Å². The molecular formula is C29H34ClN5O6. The summed E-state index contributed by atoms with van der Waals surface area (Å²) in [7, 11) is 0. The second kappa shape index (κ2) is 11.8. The fourth-order valence-corrected chi connectivity index (χ4v) is 4.67. The van der Waals surface area contributed by atoms with Crippen LogP contribution in [0.25, 0.3) is 0 Å². The number of halogens is 1. The lowest BCUT2D eigenvalue weighted by Gasteiger charge is -2.31. The Balaban J connectivity index is 1.79. The number of hydrogen-bond acceptors (Lipinski definition) is 6. The molecule has 0 saturated carbocycles. The first kappa shape index (κ1) is 29.9. The largest absolute Gasteiger partial charge is 0.481 e. The number of carbonyl (C=O) groups is 2. The number of carboxylic acids is 1. The number of fused-ring (bicyclic) bond motifs is 1. The van der Waals surface area contributed by atoms with Gasteiger partial charge in [-0.15, -0.1) is 0 Å². The van der Waals surface area contributed by atoms with Crippen LogP contribution in [0.2, 0.25) is 5.02 Å². The minimum atomic E-state index is -1.13. The SMILES string of the molecule is C[C@@H](C(=O)O)[C@H](C)n1c(=O)[nH]/c(=N\c2ccc3c(c2)CN(C(=O)OC(C)(C)C)CC3)n(Cc2ccc(Cl)cc2)c1=O. The van der Waals surface area contributed by atoms with Crippen LogP contribution in [-0.2, 0) is 29.0 Å². The predicted molar refractivity (Wildman–Crippen MR) is 153 cm³/mol. The summed E-state index contributed by atoms with van der Waals surface area (Å²) in [4.78, 5) is 59.9. The summed E-state index contributed by atoms with van der Waals surface area (Å²) < 4.78 is 7.72. The second-order valence-electron chi connectivity index (χ2n) is 11.2. The molecule has 2 aromatic carbocycles. The predicted octanol–water partition coefficient (Wildman–Crippen LogP) is 3.85. The maximum atomic E-state index is 13.7. The van der Waals surface area contributed by atoms with Gasteiger partial charge in [0.1, 0.15) is 5.60 Å². The van der Waals surface area contributed by atoms with E-state index in [0.717, 1.165) is 21.3 Å². The van der Waals surface area contributed by atoms with Gasteiger partial charge >= 0.3 is 23.4 Å². The number of nitrogens with zero attached hydrogens (tertiary/aromatic N) is 4. The van der Waals surface area contributed by atoms with Crippen molar-refractivity contribution in [3.05, 3.63) is 90.8 Å². The fraction of sp³-hybridized carbons (Fsp3) is 0.414. The average molecular weight is 584 g/mol. The van der Waals surface area contributed by atoms with Gasteiger partial charge < -0.3 is 14.7 Å². The zero-order valence-electron chi connectivity index (χ0n) is 23.7. The molecule has 0 spiro atoms. The van der Waals surface area contributed by atoms with Crippen molar-refractivity contribution in [2.24, 2.45) is 10.9 Å². The van der Waals surface area contributed by atoms with Crippen molar-refractivity contribution >= 4 is 29.4 Å². The molecule has 0 saturated heterocycles. The summed E-state index contributed by atoms with van der Waals surface area (Å²) in [5.41, 5.74) is 1.07. The molecule has 0 radical (unpaired) electrons. The van der Waals surface area contributed by atoms with Crippen molar-refractivity contribution in [3.63, 3.8) is 0 Å². The van der Waals surface area contributed by atoms with Crippen LogP contribution in [0.5, 0.6) is 0 Å². The van der Waals surface area contributed by atoms with Crippen LogP contribution in [0.4, 0.5) is 10.5 Å². The first-order valence-corrected chi connectivity index (χ1v) is 13.7. The number of carbonyl (C=O) groups excluding carboxylic acids is 1. The van der Waals surface area contributed by atoms with Gasteiger partial charge in [-0.3, -0.25) is 14.3 Å². The Morgan fingerprint density at radius 3 is 2.41 bits per heavy atom. The molecule has 41 heavy (non-hydrogen) atoms. The molecule has 4 rings (SSSR count). The number of rotatable bonds is 6. The maximum absolute atomic E-state index is 13.7. The highest BCUT2D eigenvalue weighted by Crippen LogP contribution is 2.25. The van der Waals surface area contributed by atoms with E-state index in [1.54, 1.807) is 35.2 Å². The highest BCUT2D eigenvalue weighted by molar-refractivity contribution is 6.30. The van der Waals surface area contributed by atoms with Gasteiger partial charge in [0.05, 0.1) is 24.2 Å². The summed E-state index contributed by atoms with van der Waals surface area (Å²) in [6.45, 7) is 9.31. The number of benzene rings is 2. The van der Waals surface area contributed by atoms with Crippen LogP contribution in [0, 0.1) is 5.92 Å². The Hall–Kier alpha value is -4.12. The molecule has 3 aromatic rings. The monoisotopic (exact) mass is 583 g/mol. The third-order valence-corrected chi connectivity index (χ3v) is 7.25. The highest BCUT2D eigenvalue weighted by atomic mass is 35.5. The average Bonchev–Trinajstić information content (AvgIpc) is 2.89. The van der Waals surface area contributed by atoms with E-state index in [1.165, 1.54) is 18.4 Å². The Bertz CT molecular complexity index is 1650. The van der Waals surface area contributed by atoms with Crippen molar-refractivity contribution < 1.29 is 19.4 Å². The van der Waals surface area contributed by atoms with E-state index in [4.69, 9.17) is 16.3 Å². The quantitative estimate of drug-likeness (QED) is 0.452. The number of aliphatic carboxylic acids is 1. The molecule has 218 valence electrons. The van der Waals surface area contributed by atoms with Gasteiger partial charge in [-0.2, -0.15) is 0 Å². The molecule has 2 atom stereocenters. The standard InChI is InChI=1S/C29H34ClN5O6/c1-17(24(36)37)18(2)35-26(38)32-25(34(27(35)39)15-19-6-9-22(30)10-7-19)31-23-11-8-20-12-13-33(16-21(20)14-23)28(40)41-29(3,4)5/h6-11,14,17-18H,12-13,15-16H2,1-5H3,(H,36,37)(H,31,32,38)/t17-,18+/m1/s1. The van der Waals surface area contributed by atoms with E-state index in [2.05, 4.69) is 9.98 Å². The minimum absolute atomic E-state index is 0.00105. The summed E-state index contributed by atoms with van der Waals surface area (Å²) in [5, 5.41) is 10.0. The molecule has 0 bridgehead atoms. The molecule has 0 fully saturated rings. The van der Waals surface area contributed by atoms with Crippen LogP contribution in [-0.4, -0.2) is 48.3 Å². The Morgan fingerprint density at radius 2 is 1.78 bits per heavy atom. The molecule has 12 heteroatoms. The van der Waals surface area contributed by atoms with Gasteiger partial charge in [0.25, 0.3) is 0 Å².